The highest BCUT2D eigenvalue weighted by molar-refractivity contribution is 5.79. The molecule has 0 aromatic carbocycles. The molecule has 0 aliphatic heterocycles. The van der Waals surface area contributed by atoms with Gasteiger partial charge in [0.25, 0.3) is 0 Å². The lowest BCUT2D eigenvalue weighted by Crippen LogP contribution is -2.45. The fourth-order valence-corrected chi connectivity index (χ4v) is 1.33. The summed E-state index contributed by atoms with van der Waals surface area (Å²) in [7, 11) is 1.77. The van der Waals surface area contributed by atoms with E-state index in [4.69, 9.17) is 4.74 Å². The Morgan fingerprint density at radius 2 is 1.69 bits per heavy atom. The normalized spacial score (nSPS) is 11.5. The van der Waals surface area contributed by atoms with Gasteiger partial charge in [-0.1, -0.05) is 39.0 Å². The van der Waals surface area contributed by atoms with Crippen LogP contribution in [0.4, 0.5) is 0 Å². The number of unbranched alkanes of at least 4 members (excludes halogenated alkanes) is 5. The van der Waals surface area contributed by atoms with Gasteiger partial charge >= 0.3 is 5.97 Å². The van der Waals surface area contributed by atoms with E-state index in [1.807, 2.05) is 13.8 Å². The molecule has 0 fully saturated rings. The number of hydrogen-bond acceptors (Lipinski definition) is 3. The number of likely N-dealkylation sites (N-methyl/N-ethyl adjacent to an activating group) is 1. The third-order valence-corrected chi connectivity index (χ3v) is 2.87. The number of nitrogens with one attached hydrogen (secondary N) is 1. The molecule has 0 saturated heterocycles. The molecular formula is C13H27NO2. The first kappa shape index (κ1) is 15.4. The first-order valence-corrected chi connectivity index (χ1v) is 6.40. The van der Waals surface area contributed by atoms with Crippen LogP contribution in [0.15, 0.2) is 0 Å². The predicted octanol–water partition coefficient (Wildman–Crippen LogP) is 2.89. The lowest BCUT2D eigenvalue weighted by atomic mass is 10.1. The van der Waals surface area contributed by atoms with Gasteiger partial charge in [0, 0.05) is 0 Å². The molecule has 16 heavy (non-hydrogen) atoms. The van der Waals surface area contributed by atoms with Gasteiger partial charge in [0.05, 0.1) is 6.61 Å². The minimum atomic E-state index is -0.567. The Labute approximate surface area is 99.9 Å². The molecule has 0 aliphatic carbocycles. The molecule has 0 aliphatic rings. The van der Waals surface area contributed by atoms with Gasteiger partial charge in [-0.15, -0.1) is 0 Å². The first-order chi connectivity index (χ1) is 7.54. The molecule has 3 heteroatoms. The standard InChI is InChI=1S/C13H27NO2/c1-5-6-7-8-9-10-11-16-12(15)13(2,3)14-4/h14H,5-11H2,1-4H3. The summed E-state index contributed by atoms with van der Waals surface area (Å²) in [5.41, 5.74) is -0.567. The SMILES string of the molecule is CCCCCCCCOC(=O)C(C)(C)NC. The smallest absolute Gasteiger partial charge is 0.325 e. The third kappa shape index (κ3) is 6.83. The van der Waals surface area contributed by atoms with Crippen molar-refractivity contribution in [2.75, 3.05) is 13.7 Å². The van der Waals surface area contributed by atoms with E-state index in [1.54, 1.807) is 7.05 Å². The molecule has 0 aromatic rings. The fraction of sp³-hybridized carbons (Fsp3) is 0.923. The summed E-state index contributed by atoms with van der Waals surface area (Å²) in [6, 6.07) is 0. The fourth-order valence-electron chi connectivity index (χ4n) is 1.33. The lowest BCUT2D eigenvalue weighted by Gasteiger charge is -2.21. The summed E-state index contributed by atoms with van der Waals surface area (Å²) < 4.78 is 5.20. The van der Waals surface area contributed by atoms with Crippen molar-refractivity contribution < 1.29 is 9.53 Å². The second kappa shape index (κ2) is 8.57. The maximum absolute atomic E-state index is 11.5. The zero-order chi connectivity index (χ0) is 12.4. The summed E-state index contributed by atoms with van der Waals surface area (Å²) >= 11 is 0. The van der Waals surface area contributed by atoms with Crippen LogP contribution in [-0.4, -0.2) is 25.2 Å². The van der Waals surface area contributed by atoms with Crippen molar-refractivity contribution >= 4 is 5.97 Å². The highest BCUT2D eigenvalue weighted by atomic mass is 16.5. The molecule has 0 bridgehead atoms. The van der Waals surface area contributed by atoms with Crippen LogP contribution in [0.5, 0.6) is 0 Å². The van der Waals surface area contributed by atoms with Crippen molar-refractivity contribution in [3.8, 4) is 0 Å². The Balaban J connectivity index is 3.42. The predicted molar refractivity (Wildman–Crippen MR) is 67.5 cm³/mol. The van der Waals surface area contributed by atoms with Crippen molar-refractivity contribution in [1.29, 1.82) is 0 Å². The Morgan fingerprint density at radius 3 is 2.25 bits per heavy atom. The molecule has 0 spiro atoms. The molecule has 1 N–H and O–H groups in total. The molecular weight excluding hydrogens is 202 g/mol. The minimum Gasteiger partial charge on any atom is -0.464 e. The van der Waals surface area contributed by atoms with Gasteiger partial charge in [0.15, 0.2) is 0 Å². The molecule has 0 atom stereocenters. The molecule has 3 nitrogen and oxygen atoms in total. The Bertz CT molecular complexity index is 190. The van der Waals surface area contributed by atoms with Crippen LogP contribution in [0, 0.1) is 0 Å². The molecule has 0 amide bonds. The van der Waals surface area contributed by atoms with Gasteiger partial charge < -0.3 is 10.1 Å². The molecule has 0 saturated carbocycles. The van der Waals surface area contributed by atoms with Gasteiger partial charge in [-0.3, -0.25) is 4.79 Å². The van der Waals surface area contributed by atoms with E-state index in [2.05, 4.69) is 12.2 Å². The van der Waals surface area contributed by atoms with Crippen molar-refractivity contribution in [1.82, 2.24) is 5.32 Å². The second-order valence-electron chi connectivity index (χ2n) is 4.78. The van der Waals surface area contributed by atoms with Crippen LogP contribution in [0.25, 0.3) is 0 Å². The topological polar surface area (TPSA) is 38.3 Å². The zero-order valence-corrected chi connectivity index (χ0v) is 11.3. The summed E-state index contributed by atoms with van der Waals surface area (Å²) in [4.78, 5) is 11.5. The van der Waals surface area contributed by atoms with Gasteiger partial charge in [-0.2, -0.15) is 0 Å². The summed E-state index contributed by atoms with van der Waals surface area (Å²) in [6.07, 6.45) is 7.27. The second-order valence-corrected chi connectivity index (χ2v) is 4.78. The van der Waals surface area contributed by atoms with E-state index in [-0.39, 0.29) is 5.97 Å². The van der Waals surface area contributed by atoms with E-state index >= 15 is 0 Å². The molecule has 0 radical (unpaired) electrons. The largest absolute Gasteiger partial charge is 0.464 e. The maximum Gasteiger partial charge on any atom is 0.325 e. The van der Waals surface area contributed by atoms with Crippen molar-refractivity contribution in [2.45, 2.75) is 64.8 Å². The Hall–Kier alpha value is -0.570. The van der Waals surface area contributed by atoms with Crippen LogP contribution >= 0.6 is 0 Å². The average Bonchev–Trinajstić information content (AvgIpc) is 2.27. The number of ether oxygens (including phenoxy) is 1. The molecule has 0 unspecified atom stereocenters. The zero-order valence-electron chi connectivity index (χ0n) is 11.3. The molecule has 96 valence electrons. The van der Waals surface area contributed by atoms with E-state index in [9.17, 15) is 4.79 Å². The third-order valence-electron chi connectivity index (χ3n) is 2.87. The van der Waals surface area contributed by atoms with Crippen LogP contribution in [-0.2, 0) is 9.53 Å². The van der Waals surface area contributed by atoms with E-state index in [0.717, 1.165) is 12.8 Å². The van der Waals surface area contributed by atoms with Crippen molar-refractivity contribution in [3.63, 3.8) is 0 Å². The summed E-state index contributed by atoms with van der Waals surface area (Å²) in [6.45, 7) is 6.42. The summed E-state index contributed by atoms with van der Waals surface area (Å²) in [5.74, 6) is -0.163. The number of rotatable bonds is 9. The Kier molecular flexibility index (Phi) is 8.26. The summed E-state index contributed by atoms with van der Waals surface area (Å²) in [5, 5.41) is 2.94. The highest BCUT2D eigenvalue weighted by Crippen LogP contribution is 2.07. The van der Waals surface area contributed by atoms with Crippen molar-refractivity contribution in [3.05, 3.63) is 0 Å². The Morgan fingerprint density at radius 1 is 1.12 bits per heavy atom. The van der Waals surface area contributed by atoms with E-state index in [0.29, 0.717) is 6.61 Å². The van der Waals surface area contributed by atoms with Crippen LogP contribution in [0.2, 0.25) is 0 Å². The molecule has 0 aromatic heterocycles. The van der Waals surface area contributed by atoms with E-state index in [1.165, 1.54) is 25.7 Å². The first-order valence-electron chi connectivity index (χ1n) is 6.40. The highest BCUT2D eigenvalue weighted by Gasteiger charge is 2.26. The van der Waals surface area contributed by atoms with Crippen LogP contribution in [0.3, 0.4) is 0 Å². The average molecular weight is 229 g/mol. The number of hydrogen-bond donors (Lipinski definition) is 1. The van der Waals surface area contributed by atoms with Gasteiger partial charge in [-0.05, 0) is 27.3 Å². The van der Waals surface area contributed by atoms with Gasteiger partial charge in [-0.25, -0.2) is 0 Å². The van der Waals surface area contributed by atoms with Crippen molar-refractivity contribution in [2.24, 2.45) is 0 Å². The molecule has 0 rings (SSSR count). The van der Waals surface area contributed by atoms with Crippen LogP contribution < -0.4 is 5.32 Å². The number of carbonyl (C=O) groups is 1. The van der Waals surface area contributed by atoms with Gasteiger partial charge in [0.2, 0.25) is 0 Å². The molecule has 0 heterocycles. The van der Waals surface area contributed by atoms with Gasteiger partial charge in [0.1, 0.15) is 5.54 Å². The number of esters is 1. The maximum atomic E-state index is 11.5. The lowest BCUT2D eigenvalue weighted by molar-refractivity contribution is -0.150. The number of carbonyl (C=O) groups excluding carboxylic acids is 1. The van der Waals surface area contributed by atoms with Crippen LogP contribution in [0.1, 0.15) is 59.3 Å². The monoisotopic (exact) mass is 229 g/mol. The minimum absolute atomic E-state index is 0.163. The quantitative estimate of drug-likeness (QED) is 0.488. The van der Waals surface area contributed by atoms with E-state index < -0.39 is 5.54 Å².